The Labute approximate surface area is 109 Å². The van der Waals surface area contributed by atoms with Gasteiger partial charge < -0.3 is 5.11 Å². The Bertz CT molecular complexity index is 579. The largest absolute Gasteiger partial charge is 0.481 e. The Kier molecular flexibility index (Phi) is 3.63. The number of aliphatic carboxylic acids is 1. The quantitative estimate of drug-likeness (QED) is 0.916. The zero-order chi connectivity index (χ0) is 13.1. The average Bonchev–Trinajstić information content (AvgIpc) is 2.32. The summed E-state index contributed by atoms with van der Waals surface area (Å²) in [6.07, 6.45) is -0.0934. The first kappa shape index (κ1) is 12.6. The molecule has 0 fully saturated rings. The Morgan fingerprint density at radius 2 is 1.83 bits per heavy atom. The molecule has 0 aliphatic carbocycles. The zero-order valence-electron chi connectivity index (χ0n) is 9.36. The molecule has 0 unspecified atom stereocenters. The second kappa shape index (κ2) is 5.19. The van der Waals surface area contributed by atoms with Crippen LogP contribution in [0.25, 0.3) is 11.1 Å². The lowest BCUT2D eigenvalue weighted by Crippen LogP contribution is -2.01. The van der Waals surface area contributed by atoms with E-state index in [-0.39, 0.29) is 12.2 Å². The van der Waals surface area contributed by atoms with Gasteiger partial charge in [0.2, 0.25) is 0 Å². The van der Waals surface area contributed by atoms with Crippen LogP contribution < -0.4 is 0 Å². The summed E-state index contributed by atoms with van der Waals surface area (Å²) in [4.78, 5) is 10.8. The number of hydrogen-bond acceptors (Lipinski definition) is 1. The summed E-state index contributed by atoms with van der Waals surface area (Å²) in [6, 6.07) is 10.9. The Balaban J connectivity index is 2.50. The first-order valence-electron chi connectivity index (χ1n) is 5.32. The molecule has 4 heteroatoms. The number of rotatable bonds is 3. The number of carboxylic acids is 1. The van der Waals surface area contributed by atoms with E-state index in [0.29, 0.717) is 16.1 Å². The summed E-state index contributed by atoms with van der Waals surface area (Å²) in [6.45, 7) is 0. The lowest BCUT2D eigenvalue weighted by atomic mass is 9.98. The maximum absolute atomic E-state index is 12.9. The van der Waals surface area contributed by atoms with Gasteiger partial charge in [0.1, 0.15) is 5.82 Å². The SMILES string of the molecule is O=C(O)Cc1ccc(Cl)cc1-c1ccc(F)cc1. The van der Waals surface area contributed by atoms with Gasteiger partial charge in [0.25, 0.3) is 0 Å². The Morgan fingerprint density at radius 1 is 1.17 bits per heavy atom. The minimum atomic E-state index is -0.916. The molecule has 2 rings (SSSR count). The van der Waals surface area contributed by atoms with Crippen LogP contribution >= 0.6 is 11.6 Å². The predicted octanol–water partition coefficient (Wildman–Crippen LogP) is 3.77. The predicted molar refractivity (Wildman–Crippen MR) is 68.2 cm³/mol. The third-order valence-corrected chi connectivity index (χ3v) is 2.80. The fourth-order valence-corrected chi connectivity index (χ4v) is 1.94. The molecule has 0 aliphatic heterocycles. The lowest BCUT2D eigenvalue weighted by molar-refractivity contribution is -0.136. The molecule has 0 saturated heterocycles. The van der Waals surface area contributed by atoms with Crippen molar-refractivity contribution in [3.05, 3.63) is 58.9 Å². The molecule has 2 aromatic rings. The van der Waals surface area contributed by atoms with Gasteiger partial charge in [0, 0.05) is 5.02 Å². The van der Waals surface area contributed by atoms with E-state index in [0.717, 1.165) is 5.56 Å². The maximum atomic E-state index is 12.9. The second-order valence-corrected chi connectivity index (χ2v) is 4.32. The van der Waals surface area contributed by atoms with Crippen molar-refractivity contribution in [1.29, 1.82) is 0 Å². The van der Waals surface area contributed by atoms with Crippen molar-refractivity contribution in [2.24, 2.45) is 0 Å². The normalized spacial score (nSPS) is 10.3. The molecular weight excluding hydrogens is 255 g/mol. The van der Waals surface area contributed by atoms with E-state index in [1.807, 2.05) is 0 Å². The Hall–Kier alpha value is -1.87. The molecular formula is C14H10ClFO2. The minimum Gasteiger partial charge on any atom is -0.481 e. The highest BCUT2D eigenvalue weighted by molar-refractivity contribution is 6.30. The fourth-order valence-electron chi connectivity index (χ4n) is 1.76. The number of carbonyl (C=O) groups is 1. The van der Waals surface area contributed by atoms with Crippen LogP contribution in [0.1, 0.15) is 5.56 Å². The van der Waals surface area contributed by atoms with Crippen LogP contribution in [-0.2, 0) is 11.2 Å². The summed E-state index contributed by atoms with van der Waals surface area (Å²) in [7, 11) is 0. The molecule has 92 valence electrons. The van der Waals surface area contributed by atoms with Crippen LogP contribution in [0.3, 0.4) is 0 Å². The van der Waals surface area contributed by atoms with Crippen molar-refractivity contribution in [2.45, 2.75) is 6.42 Å². The molecule has 0 atom stereocenters. The summed E-state index contributed by atoms with van der Waals surface area (Å²) >= 11 is 5.91. The van der Waals surface area contributed by atoms with Crippen molar-refractivity contribution in [2.75, 3.05) is 0 Å². The number of halogens is 2. The summed E-state index contributed by atoms with van der Waals surface area (Å²) < 4.78 is 12.9. The molecule has 0 bridgehead atoms. The molecule has 1 N–H and O–H groups in total. The van der Waals surface area contributed by atoms with Gasteiger partial charge in [-0.15, -0.1) is 0 Å². The summed E-state index contributed by atoms with van der Waals surface area (Å²) in [5.74, 6) is -1.25. The molecule has 0 aliphatic rings. The molecule has 0 aromatic heterocycles. The Morgan fingerprint density at radius 3 is 2.44 bits per heavy atom. The van der Waals surface area contributed by atoms with Crippen molar-refractivity contribution in [1.82, 2.24) is 0 Å². The van der Waals surface area contributed by atoms with E-state index in [2.05, 4.69) is 0 Å². The minimum absolute atomic E-state index is 0.0934. The summed E-state index contributed by atoms with van der Waals surface area (Å²) in [5, 5.41) is 9.38. The number of benzene rings is 2. The van der Waals surface area contributed by atoms with Crippen molar-refractivity contribution < 1.29 is 14.3 Å². The first-order chi connectivity index (χ1) is 8.56. The van der Waals surface area contributed by atoms with Gasteiger partial charge in [0.05, 0.1) is 6.42 Å². The monoisotopic (exact) mass is 264 g/mol. The molecule has 2 nitrogen and oxygen atoms in total. The van der Waals surface area contributed by atoms with Crippen LogP contribution in [0.2, 0.25) is 5.02 Å². The highest BCUT2D eigenvalue weighted by Gasteiger charge is 2.09. The molecule has 0 amide bonds. The highest BCUT2D eigenvalue weighted by Crippen LogP contribution is 2.27. The topological polar surface area (TPSA) is 37.3 Å². The molecule has 18 heavy (non-hydrogen) atoms. The first-order valence-corrected chi connectivity index (χ1v) is 5.70. The summed E-state index contributed by atoms with van der Waals surface area (Å²) in [5.41, 5.74) is 2.11. The van der Waals surface area contributed by atoms with Crippen LogP contribution in [0, 0.1) is 5.82 Å². The van der Waals surface area contributed by atoms with E-state index in [1.165, 1.54) is 12.1 Å². The standard InChI is InChI=1S/C14H10ClFO2/c15-11-4-1-10(7-14(17)18)13(8-11)9-2-5-12(16)6-3-9/h1-6,8H,7H2,(H,17,18). The zero-order valence-corrected chi connectivity index (χ0v) is 10.1. The van der Waals surface area contributed by atoms with Crippen LogP contribution in [-0.4, -0.2) is 11.1 Å². The van der Waals surface area contributed by atoms with Crippen molar-refractivity contribution in [3.8, 4) is 11.1 Å². The van der Waals surface area contributed by atoms with Gasteiger partial charge in [-0.2, -0.15) is 0 Å². The van der Waals surface area contributed by atoms with Crippen molar-refractivity contribution >= 4 is 17.6 Å². The molecule has 0 radical (unpaired) electrons. The highest BCUT2D eigenvalue weighted by atomic mass is 35.5. The second-order valence-electron chi connectivity index (χ2n) is 3.88. The van der Waals surface area contributed by atoms with Gasteiger partial charge in [-0.05, 0) is 41.0 Å². The van der Waals surface area contributed by atoms with E-state index >= 15 is 0 Å². The van der Waals surface area contributed by atoms with Crippen molar-refractivity contribution in [3.63, 3.8) is 0 Å². The van der Waals surface area contributed by atoms with E-state index < -0.39 is 5.97 Å². The smallest absolute Gasteiger partial charge is 0.307 e. The van der Waals surface area contributed by atoms with Gasteiger partial charge in [-0.3, -0.25) is 4.79 Å². The molecule has 0 spiro atoms. The van der Waals surface area contributed by atoms with E-state index in [9.17, 15) is 9.18 Å². The number of hydrogen-bond donors (Lipinski definition) is 1. The van der Waals surface area contributed by atoms with Crippen LogP contribution in [0.5, 0.6) is 0 Å². The molecule has 0 saturated carbocycles. The van der Waals surface area contributed by atoms with E-state index in [4.69, 9.17) is 16.7 Å². The number of carboxylic acid groups (broad SMARTS) is 1. The maximum Gasteiger partial charge on any atom is 0.307 e. The lowest BCUT2D eigenvalue weighted by Gasteiger charge is -2.08. The van der Waals surface area contributed by atoms with E-state index in [1.54, 1.807) is 30.3 Å². The fraction of sp³-hybridized carbons (Fsp3) is 0.0714. The van der Waals surface area contributed by atoms with Crippen LogP contribution in [0.15, 0.2) is 42.5 Å². The van der Waals surface area contributed by atoms with Gasteiger partial charge in [0.15, 0.2) is 0 Å². The van der Waals surface area contributed by atoms with Crippen LogP contribution in [0.4, 0.5) is 4.39 Å². The van der Waals surface area contributed by atoms with Gasteiger partial charge in [-0.1, -0.05) is 29.8 Å². The third-order valence-electron chi connectivity index (χ3n) is 2.57. The van der Waals surface area contributed by atoms with Gasteiger partial charge in [-0.25, -0.2) is 4.39 Å². The molecule has 2 aromatic carbocycles. The average molecular weight is 265 g/mol. The third kappa shape index (κ3) is 2.87. The molecule has 0 heterocycles. The van der Waals surface area contributed by atoms with Gasteiger partial charge >= 0.3 is 5.97 Å².